The van der Waals surface area contributed by atoms with E-state index in [2.05, 4.69) is 257 Å². The van der Waals surface area contributed by atoms with Crippen molar-refractivity contribution in [3.05, 3.63) is 269 Å². The Labute approximate surface area is 399 Å². The van der Waals surface area contributed by atoms with Gasteiger partial charge in [0.05, 0.1) is 5.41 Å². The standard InChI is InChI=1S/C67H49N/c1-65(2)60-37-44(42-17-7-5-8-18-42)27-32-52(60)54-34-29-46(39-62(54)65)68(47-30-35-55-53-33-28-45(43-19-9-6-10-20-43)38-61(53)66(3,4)63(55)40-47)48-31-36-56-51-23-13-16-26-59(51)67(64(56)41-48)57-24-14-11-21-49(57)50-22-12-15-25-58(50)67/h5-41H,1-4H3. The zero-order chi connectivity index (χ0) is 45.5. The first-order valence-electron chi connectivity index (χ1n) is 24.2. The summed E-state index contributed by atoms with van der Waals surface area (Å²) in [6, 6.07) is 84.9. The van der Waals surface area contributed by atoms with Crippen LogP contribution in [0, 0.1) is 0 Å². The van der Waals surface area contributed by atoms with Crippen molar-refractivity contribution in [2.24, 2.45) is 0 Å². The van der Waals surface area contributed by atoms with E-state index in [1.807, 2.05) is 0 Å². The van der Waals surface area contributed by atoms with Gasteiger partial charge < -0.3 is 4.90 Å². The van der Waals surface area contributed by atoms with E-state index in [9.17, 15) is 0 Å². The summed E-state index contributed by atoms with van der Waals surface area (Å²) in [5, 5.41) is 0. The first-order chi connectivity index (χ1) is 33.2. The Hall–Kier alpha value is -8.00. The molecular formula is C67H49N. The summed E-state index contributed by atoms with van der Waals surface area (Å²) in [5.74, 6) is 0. The Kier molecular flexibility index (Phi) is 8.08. The van der Waals surface area contributed by atoms with Crippen LogP contribution in [0.3, 0.4) is 0 Å². The number of nitrogens with zero attached hydrogens (tertiary/aromatic N) is 1. The molecule has 0 aromatic heterocycles. The highest BCUT2D eigenvalue weighted by Gasteiger charge is 2.52. The van der Waals surface area contributed by atoms with Crippen LogP contribution in [0.15, 0.2) is 224 Å². The summed E-state index contributed by atoms with van der Waals surface area (Å²) in [6.45, 7) is 9.63. The van der Waals surface area contributed by atoms with Gasteiger partial charge in [-0.15, -0.1) is 0 Å². The molecule has 0 unspecified atom stereocenters. The number of anilines is 3. The largest absolute Gasteiger partial charge is 0.310 e. The minimum Gasteiger partial charge on any atom is -0.310 e. The van der Waals surface area contributed by atoms with Crippen LogP contribution in [0.2, 0.25) is 0 Å². The maximum Gasteiger partial charge on any atom is 0.0726 e. The second kappa shape index (κ2) is 14.0. The molecule has 4 aliphatic carbocycles. The molecule has 0 bridgehead atoms. The SMILES string of the molecule is CC1(C)c2cc(-c3ccccc3)ccc2-c2ccc(N(c3ccc4c(c3)C(C)(C)c3cc(-c5ccccc5)ccc3-4)c3ccc4c(c3)C3(c5ccccc5-c5ccccc53)c3ccccc3-4)cc21. The molecule has 0 atom stereocenters. The zero-order valence-electron chi connectivity index (χ0n) is 38.8. The smallest absolute Gasteiger partial charge is 0.0726 e. The average Bonchev–Trinajstić information content (AvgIpc) is 4.01. The maximum atomic E-state index is 2.55. The maximum absolute atomic E-state index is 2.55. The second-order valence-corrected chi connectivity index (χ2v) is 20.4. The van der Waals surface area contributed by atoms with Gasteiger partial charge in [-0.2, -0.15) is 0 Å². The zero-order valence-corrected chi connectivity index (χ0v) is 38.8. The van der Waals surface area contributed by atoms with Crippen LogP contribution >= 0.6 is 0 Å². The number of hydrogen-bond donors (Lipinski definition) is 0. The normalized spacial score (nSPS) is 15.1. The van der Waals surface area contributed by atoms with Crippen molar-refractivity contribution in [1.29, 1.82) is 0 Å². The summed E-state index contributed by atoms with van der Waals surface area (Å²) >= 11 is 0. The molecule has 322 valence electrons. The monoisotopic (exact) mass is 867 g/mol. The van der Waals surface area contributed by atoms with Crippen molar-refractivity contribution < 1.29 is 0 Å². The van der Waals surface area contributed by atoms with E-state index in [-0.39, 0.29) is 10.8 Å². The minimum absolute atomic E-state index is 0.212. The number of hydrogen-bond acceptors (Lipinski definition) is 1. The van der Waals surface area contributed by atoms with E-state index in [1.165, 1.54) is 111 Å². The predicted octanol–water partition coefficient (Wildman–Crippen LogP) is 17.4. The summed E-state index contributed by atoms with van der Waals surface area (Å²) in [7, 11) is 0. The highest BCUT2D eigenvalue weighted by atomic mass is 15.1. The van der Waals surface area contributed by atoms with Crippen molar-refractivity contribution in [2.75, 3.05) is 4.90 Å². The van der Waals surface area contributed by atoms with Gasteiger partial charge in [0.15, 0.2) is 0 Å². The highest BCUT2D eigenvalue weighted by molar-refractivity contribution is 5.97. The first-order valence-corrected chi connectivity index (χ1v) is 24.2. The van der Waals surface area contributed by atoms with E-state index in [4.69, 9.17) is 0 Å². The van der Waals surface area contributed by atoms with Gasteiger partial charge in [0.2, 0.25) is 0 Å². The van der Waals surface area contributed by atoms with E-state index in [0.717, 1.165) is 17.1 Å². The van der Waals surface area contributed by atoms with Crippen molar-refractivity contribution in [1.82, 2.24) is 0 Å². The Morgan fingerprint density at radius 1 is 0.235 bits per heavy atom. The third-order valence-electron chi connectivity index (χ3n) is 16.3. The first kappa shape index (κ1) is 39.2. The number of benzene rings is 10. The molecule has 0 aliphatic heterocycles. The lowest BCUT2D eigenvalue weighted by atomic mass is 9.70. The van der Waals surface area contributed by atoms with E-state index < -0.39 is 5.41 Å². The Bertz CT molecular complexity index is 3520. The molecule has 4 aliphatic rings. The Morgan fingerprint density at radius 2 is 0.529 bits per heavy atom. The van der Waals surface area contributed by atoms with Crippen LogP contribution in [0.25, 0.3) is 66.8 Å². The molecule has 0 saturated carbocycles. The molecule has 1 nitrogen and oxygen atoms in total. The van der Waals surface area contributed by atoms with Gasteiger partial charge >= 0.3 is 0 Å². The fourth-order valence-corrected chi connectivity index (χ4v) is 13.0. The van der Waals surface area contributed by atoms with Crippen LogP contribution in [-0.2, 0) is 16.2 Å². The van der Waals surface area contributed by atoms with E-state index in [0.29, 0.717) is 0 Å². The van der Waals surface area contributed by atoms with Gasteiger partial charge in [0.1, 0.15) is 0 Å². The fraction of sp³-hybridized carbons (Fsp3) is 0.104. The number of fused-ring (bicyclic) bond motifs is 16. The van der Waals surface area contributed by atoms with Gasteiger partial charge in [0.25, 0.3) is 0 Å². The van der Waals surface area contributed by atoms with Gasteiger partial charge in [-0.05, 0) is 160 Å². The molecule has 1 heteroatoms. The average molecular weight is 868 g/mol. The van der Waals surface area contributed by atoms with Crippen LogP contribution in [0.4, 0.5) is 17.1 Å². The van der Waals surface area contributed by atoms with Crippen molar-refractivity contribution in [2.45, 2.75) is 43.9 Å². The molecule has 1 spiro atoms. The molecule has 10 aromatic carbocycles. The quantitative estimate of drug-likeness (QED) is 0.167. The Balaban J connectivity index is 0.976. The molecule has 0 N–H and O–H groups in total. The second-order valence-electron chi connectivity index (χ2n) is 20.4. The third-order valence-corrected chi connectivity index (χ3v) is 16.3. The fourth-order valence-electron chi connectivity index (χ4n) is 13.0. The topological polar surface area (TPSA) is 3.24 Å². The van der Waals surface area contributed by atoms with Crippen molar-refractivity contribution in [3.63, 3.8) is 0 Å². The van der Waals surface area contributed by atoms with Crippen molar-refractivity contribution >= 4 is 17.1 Å². The summed E-state index contributed by atoms with van der Waals surface area (Å²) < 4.78 is 0. The highest BCUT2D eigenvalue weighted by Crippen LogP contribution is 2.64. The number of rotatable bonds is 5. The lowest BCUT2D eigenvalue weighted by Crippen LogP contribution is -2.26. The Morgan fingerprint density at radius 3 is 0.926 bits per heavy atom. The molecule has 0 fully saturated rings. The van der Waals surface area contributed by atoms with Crippen molar-refractivity contribution in [3.8, 4) is 66.8 Å². The molecular weight excluding hydrogens is 819 g/mol. The molecule has 0 saturated heterocycles. The van der Waals surface area contributed by atoms with E-state index >= 15 is 0 Å². The summed E-state index contributed by atoms with van der Waals surface area (Å²) in [6.07, 6.45) is 0. The van der Waals surface area contributed by atoms with Gasteiger partial charge in [0, 0.05) is 27.9 Å². The van der Waals surface area contributed by atoms with Gasteiger partial charge in [-0.25, -0.2) is 0 Å². The molecule has 0 radical (unpaired) electrons. The lowest BCUT2D eigenvalue weighted by Gasteiger charge is -2.33. The molecule has 68 heavy (non-hydrogen) atoms. The molecule has 10 aromatic rings. The van der Waals surface area contributed by atoms with Crippen LogP contribution in [0.1, 0.15) is 72.2 Å². The van der Waals surface area contributed by atoms with Crippen LogP contribution < -0.4 is 4.90 Å². The molecule has 0 amide bonds. The molecule has 14 rings (SSSR count). The van der Waals surface area contributed by atoms with Gasteiger partial charge in [-0.3, -0.25) is 0 Å². The van der Waals surface area contributed by atoms with Gasteiger partial charge in [-0.1, -0.05) is 204 Å². The van der Waals surface area contributed by atoms with Crippen LogP contribution in [-0.4, -0.2) is 0 Å². The molecule has 0 heterocycles. The third kappa shape index (κ3) is 5.22. The minimum atomic E-state index is -0.448. The van der Waals surface area contributed by atoms with Crippen LogP contribution in [0.5, 0.6) is 0 Å². The summed E-state index contributed by atoms with van der Waals surface area (Å²) in [4.78, 5) is 2.55. The lowest BCUT2D eigenvalue weighted by molar-refractivity contribution is 0.660. The summed E-state index contributed by atoms with van der Waals surface area (Å²) in [5.41, 5.74) is 29.0. The predicted molar refractivity (Wildman–Crippen MR) is 283 cm³/mol. The van der Waals surface area contributed by atoms with E-state index in [1.54, 1.807) is 0 Å².